The molecule has 88 valence electrons. The molecule has 2 fully saturated rings. The zero-order valence-corrected chi connectivity index (χ0v) is 10.1. The number of nitrogens with zero attached hydrogens (tertiary/aromatic N) is 2. The lowest BCUT2D eigenvalue weighted by atomic mass is 10.0. The van der Waals surface area contributed by atoms with Gasteiger partial charge in [0.15, 0.2) is 0 Å². The van der Waals surface area contributed by atoms with Gasteiger partial charge in [-0.3, -0.25) is 4.90 Å². The van der Waals surface area contributed by atoms with Crippen molar-refractivity contribution in [2.75, 3.05) is 0 Å². The number of amides is 1. The first-order valence-corrected chi connectivity index (χ1v) is 5.83. The fraction of sp³-hybridized carbons (Fsp3) is 0.833. The van der Waals surface area contributed by atoms with Crippen molar-refractivity contribution in [3.8, 4) is 6.07 Å². The van der Waals surface area contributed by atoms with Gasteiger partial charge in [0.25, 0.3) is 0 Å². The van der Waals surface area contributed by atoms with E-state index in [1.807, 2.05) is 20.8 Å². The zero-order valence-electron chi connectivity index (χ0n) is 10.1. The number of nitriles is 1. The van der Waals surface area contributed by atoms with E-state index in [0.29, 0.717) is 5.92 Å². The van der Waals surface area contributed by atoms with E-state index in [2.05, 4.69) is 6.07 Å². The quantitative estimate of drug-likeness (QED) is 0.632. The molecule has 2 bridgehead atoms. The summed E-state index contributed by atoms with van der Waals surface area (Å²) in [6.07, 6.45) is 2.73. The predicted octanol–water partition coefficient (Wildman–Crippen LogP) is 2.30. The van der Waals surface area contributed by atoms with Crippen LogP contribution >= 0.6 is 0 Å². The summed E-state index contributed by atoms with van der Waals surface area (Å²) in [4.78, 5) is 13.6. The van der Waals surface area contributed by atoms with Crippen molar-refractivity contribution in [3.05, 3.63) is 0 Å². The monoisotopic (exact) mass is 222 g/mol. The van der Waals surface area contributed by atoms with Gasteiger partial charge in [0.05, 0.1) is 6.07 Å². The van der Waals surface area contributed by atoms with Gasteiger partial charge >= 0.3 is 6.09 Å². The second-order valence-corrected chi connectivity index (χ2v) is 5.69. The largest absolute Gasteiger partial charge is 0.444 e. The summed E-state index contributed by atoms with van der Waals surface area (Å²) in [5.74, 6) is 0.363. The molecule has 0 aromatic rings. The van der Waals surface area contributed by atoms with Crippen LogP contribution < -0.4 is 0 Å². The molecule has 1 amide bonds. The number of likely N-dealkylation sites (tertiary alicyclic amines) is 1. The summed E-state index contributed by atoms with van der Waals surface area (Å²) in [6, 6.07) is 2.19. The predicted molar refractivity (Wildman–Crippen MR) is 58.6 cm³/mol. The van der Waals surface area contributed by atoms with Crippen LogP contribution in [-0.4, -0.2) is 28.7 Å². The summed E-state index contributed by atoms with van der Waals surface area (Å²) in [7, 11) is 0. The lowest BCUT2D eigenvalue weighted by Gasteiger charge is -2.33. The van der Waals surface area contributed by atoms with Gasteiger partial charge in [-0.15, -0.1) is 0 Å². The van der Waals surface area contributed by atoms with Gasteiger partial charge in [0.1, 0.15) is 11.6 Å². The third-order valence-corrected chi connectivity index (χ3v) is 3.32. The highest BCUT2D eigenvalue weighted by molar-refractivity contribution is 5.70. The highest BCUT2D eigenvalue weighted by atomic mass is 16.6. The van der Waals surface area contributed by atoms with E-state index >= 15 is 0 Å². The number of carbonyl (C=O) groups excluding carboxylic acids is 1. The van der Waals surface area contributed by atoms with Crippen molar-refractivity contribution in [2.45, 2.75) is 57.7 Å². The summed E-state index contributed by atoms with van der Waals surface area (Å²) in [5.41, 5.74) is -0.487. The van der Waals surface area contributed by atoms with Crippen LogP contribution in [0.4, 0.5) is 4.79 Å². The van der Waals surface area contributed by atoms with Crippen LogP contribution in [0.5, 0.6) is 0 Å². The molecule has 0 radical (unpaired) electrons. The first kappa shape index (κ1) is 11.3. The highest BCUT2D eigenvalue weighted by Crippen LogP contribution is 2.42. The maximum atomic E-state index is 12.0. The highest BCUT2D eigenvalue weighted by Gasteiger charge is 2.49. The third-order valence-electron chi connectivity index (χ3n) is 3.32. The number of carbonyl (C=O) groups is 1. The van der Waals surface area contributed by atoms with Crippen molar-refractivity contribution in [3.63, 3.8) is 0 Å². The molecular formula is C12H18N2O2. The van der Waals surface area contributed by atoms with E-state index in [4.69, 9.17) is 10.00 Å². The molecule has 3 atom stereocenters. The molecule has 4 heteroatoms. The van der Waals surface area contributed by atoms with Crippen LogP contribution in [0.1, 0.15) is 40.0 Å². The van der Waals surface area contributed by atoms with Gasteiger partial charge in [-0.2, -0.15) is 5.26 Å². The summed E-state index contributed by atoms with van der Waals surface area (Å²) in [5, 5.41) is 9.11. The van der Waals surface area contributed by atoms with Crippen LogP contribution in [0.3, 0.4) is 0 Å². The zero-order chi connectivity index (χ0) is 11.9. The number of hydrogen-bond donors (Lipinski definition) is 0. The minimum atomic E-state index is -0.487. The second-order valence-electron chi connectivity index (χ2n) is 5.69. The molecule has 0 N–H and O–H groups in total. The standard InChI is InChI=1S/C12H18N2O2/c1-12(2,3)16-11(15)14-9-5-4-8(6-9)10(14)7-13/h8-10H,4-6H2,1-3H3/t8?,9-,10?/m1/s1. The molecule has 1 heterocycles. The third kappa shape index (κ3) is 1.87. The van der Waals surface area contributed by atoms with Gasteiger partial charge in [-0.05, 0) is 46.0 Å². The lowest BCUT2D eigenvalue weighted by molar-refractivity contribution is 0.0132. The Hall–Kier alpha value is -1.24. The van der Waals surface area contributed by atoms with E-state index in [-0.39, 0.29) is 18.2 Å². The summed E-state index contributed by atoms with van der Waals surface area (Å²) in [6.45, 7) is 5.54. The molecule has 0 aromatic heterocycles. The molecule has 1 saturated carbocycles. The van der Waals surface area contributed by atoms with E-state index in [1.165, 1.54) is 0 Å². The van der Waals surface area contributed by atoms with E-state index < -0.39 is 5.60 Å². The number of ether oxygens (including phenoxy) is 1. The molecule has 1 saturated heterocycles. The minimum Gasteiger partial charge on any atom is -0.444 e. The van der Waals surface area contributed by atoms with E-state index in [9.17, 15) is 4.79 Å². The SMILES string of the molecule is CC(C)(C)OC(=O)N1C(C#N)C2CC[C@@H]1C2. The molecule has 0 spiro atoms. The first-order chi connectivity index (χ1) is 7.42. The Kier molecular flexibility index (Phi) is 2.57. The molecule has 2 aliphatic rings. The Morgan fingerprint density at radius 3 is 2.69 bits per heavy atom. The van der Waals surface area contributed by atoms with Crippen LogP contribution in [0.15, 0.2) is 0 Å². The maximum Gasteiger partial charge on any atom is 0.411 e. The maximum absolute atomic E-state index is 12.0. The van der Waals surface area contributed by atoms with E-state index in [1.54, 1.807) is 4.90 Å². The van der Waals surface area contributed by atoms with Crippen molar-refractivity contribution in [1.29, 1.82) is 5.26 Å². The Balaban J connectivity index is 2.09. The Labute approximate surface area is 96.2 Å². The number of hydrogen-bond acceptors (Lipinski definition) is 3. The van der Waals surface area contributed by atoms with E-state index in [0.717, 1.165) is 19.3 Å². The van der Waals surface area contributed by atoms with Crippen LogP contribution in [0.2, 0.25) is 0 Å². The van der Waals surface area contributed by atoms with Gasteiger partial charge < -0.3 is 4.74 Å². The number of rotatable bonds is 0. The molecule has 1 aliphatic carbocycles. The van der Waals surface area contributed by atoms with Gasteiger partial charge in [0.2, 0.25) is 0 Å². The Morgan fingerprint density at radius 2 is 2.12 bits per heavy atom. The first-order valence-electron chi connectivity index (χ1n) is 5.83. The van der Waals surface area contributed by atoms with Crippen LogP contribution in [0.25, 0.3) is 0 Å². The average molecular weight is 222 g/mol. The average Bonchev–Trinajstić information content (AvgIpc) is 2.72. The molecule has 4 nitrogen and oxygen atoms in total. The fourth-order valence-electron chi connectivity index (χ4n) is 2.73. The minimum absolute atomic E-state index is 0.226. The van der Waals surface area contributed by atoms with Crippen LogP contribution in [-0.2, 0) is 4.74 Å². The van der Waals surface area contributed by atoms with Gasteiger partial charge in [-0.1, -0.05) is 0 Å². The van der Waals surface area contributed by atoms with Crippen LogP contribution in [0, 0.1) is 17.2 Å². The molecule has 2 unspecified atom stereocenters. The van der Waals surface area contributed by atoms with Crippen molar-refractivity contribution < 1.29 is 9.53 Å². The van der Waals surface area contributed by atoms with Gasteiger partial charge in [0, 0.05) is 6.04 Å². The van der Waals surface area contributed by atoms with Crippen molar-refractivity contribution >= 4 is 6.09 Å². The summed E-state index contributed by atoms with van der Waals surface area (Å²) >= 11 is 0. The molecule has 2 rings (SSSR count). The summed E-state index contributed by atoms with van der Waals surface area (Å²) < 4.78 is 5.34. The smallest absolute Gasteiger partial charge is 0.411 e. The fourth-order valence-corrected chi connectivity index (χ4v) is 2.73. The normalized spacial score (nSPS) is 32.6. The van der Waals surface area contributed by atoms with Crippen molar-refractivity contribution in [2.24, 2.45) is 5.92 Å². The lowest BCUT2D eigenvalue weighted by Crippen LogP contribution is -2.46. The molecule has 16 heavy (non-hydrogen) atoms. The molecule has 0 aromatic carbocycles. The Bertz CT molecular complexity index is 340. The topological polar surface area (TPSA) is 53.3 Å². The molecular weight excluding hydrogens is 204 g/mol. The van der Waals surface area contributed by atoms with Crippen molar-refractivity contribution in [1.82, 2.24) is 4.90 Å². The second kappa shape index (κ2) is 3.65. The Morgan fingerprint density at radius 1 is 1.44 bits per heavy atom. The molecule has 1 aliphatic heterocycles. The number of fused-ring (bicyclic) bond motifs is 2. The van der Waals surface area contributed by atoms with Gasteiger partial charge in [-0.25, -0.2) is 4.79 Å². The number of piperidine rings is 1.